The zero-order valence-corrected chi connectivity index (χ0v) is 19.4. The number of hydrogen-bond acceptors (Lipinski definition) is 4. The Labute approximate surface area is 193 Å². The fourth-order valence-electron chi connectivity index (χ4n) is 5.10. The number of methoxy groups -OCH3 is 2. The number of carbonyl (C=O) groups excluding carboxylic acids is 1. The Morgan fingerprint density at radius 3 is 2.48 bits per heavy atom. The number of pyridine rings is 1. The van der Waals surface area contributed by atoms with E-state index < -0.39 is 6.04 Å². The van der Waals surface area contributed by atoms with Gasteiger partial charge in [-0.25, -0.2) is 0 Å². The second kappa shape index (κ2) is 8.58. The number of amides is 1. The molecule has 33 heavy (non-hydrogen) atoms. The van der Waals surface area contributed by atoms with E-state index in [1.54, 1.807) is 14.2 Å². The fourth-order valence-corrected chi connectivity index (χ4v) is 5.10. The van der Waals surface area contributed by atoms with Crippen LogP contribution in [0.3, 0.4) is 0 Å². The molecule has 1 N–H and O–H groups in total. The Kier molecular flexibility index (Phi) is 5.60. The van der Waals surface area contributed by atoms with E-state index >= 15 is 0 Å². The molecular weight excluding hydrogens is 416 g/mol. The van der Waals surface area contributed by atoms with Gasteiger partial charge in [0.2, 0.25) is 5.91 Å². The van der Waals surface area contributed by atoms with Crippen molar-refractivity contribution in [2.75, 3.05) is 20.8 Å². The lowest BCUT2D eigenvalue weighted by molar-refractivity contribution is -0.140. The van der Waals surface area contributed by atoms with Crippen LogP contribution in [0.4, 0.5) is 0 Å². The smallest absolute Gasteiger partial charge is 0.254 e. The lowest BCUT2D eigenvalue weighted by Crippen LogP contribution is -2.46. The van der Waals surface area contributed by atoms with Gasteiger partial charge in [0.1, 0.15) is 0 Å². The minimum Gasteiger partial charge on any atom is -0.493 e. The Bertz CT molecular complexity index is 1280. The molecule has 172 valence electrons. The molecule has 1 aliphatic carbocycles. The van der Waals surface area contributed by atoms with Gasteiger partial charge in [0, 0.05) is 23.5 Å². The van der Waals surface area contributed by atoms with Crippen LogP contribution in [-0.4, -0.2) is 36.6 Å². The minimum absolute atomic E-state index is 0.0559. The summed E-state index contributed by atoms with van der Waals surface area (Å²) in [6.07, 6.45) is 4.58. The molecular formula is C27H30N2O4. The lowest BCUT2D eigenvalue weighted by Gasteiger charge is -2.41. The number of nitrogens with one attached hydrogen (secondary N) is 1. The monoisotopic (exact) mass is 446 g/mol. The third-order valence-corrected chi connectivity index (χ3v) is 7.25. The fraction of sp³-hybridized carbons (Fsp3) is 0.407. The predicted octanol–water partition coefficient (Wildman–Crippen LogP) is 4.38. The maximum atomic E-state index is 13.5. The number of aromatic nitrogens is 1. The lowest BCUT2D eigenvalue weighted by atomic mass is 9.81. The summed E-state index contributed by atoms with van der Waals surface area (Å²) >= 11 is 0. The maximum absolute atomic E-state index is 13.5. The number of aromatic amines is 1. The maximum Gasteiger partial charge on any atom is 0.254 e. The van der Waals surface area contributed by atoms with Gasteiger partial charge in [0.05, 0.1) is 20.3 Å². The van der Waals surface area contributed by atoms with Crippen molar-refractivity contribution in [2.24, 2.45) is 5.92 Å². The molecule has 0 bridgehead atoms. The van der Waals surface area contributed by atoms with E-state index in [0.29, 0.717) is 23.6 Å². The Hall–Kier alpha value is -3.28. The van der Waals surface area contributed by atoms with E-state index in [1.165, 1.54) is 5.56 Å². The van der Waals surface area contributed by atoms with E-state index in [9.17, 15) is 9.59 Å². The first-order valence-corrected chi connectivity index (χ1v) is 11.7. The van der Waals surface area contributed by atoms with Crippen molar-refractivity contribution in [1.29, 1.82) is 0 Å². The van der Waals surface area contributed by atoms with E-state index in [4.69, 9.17) is 9.47 Å². The van der Waals surface area contributed by atoms with Crippen LogP contribution in [0.25, 0.3) is 10.9 Å². The molecule has 3 aromatic rings. The van der Waals surface area contributed by atoms with Crippen LogP contribution in [0, 0.1) is 5.92 Å². The normalized spacial score (nSPS) is 18.0. The highest BCUT2D eigenvalue weighted by Crippen LogP contribution is 2.42. The number of carbonyl (C=O) groups is 1. The van der Waals surface area contributed by atoms with Gasteiger partial charge in [0.25, 0.3) is 5.56 Å². The molecule has 2 aliphatic rings. The quantitative estimate of drug-likeness (QED) is 0.631. The van der Waals surface area contributed by atoms with Crippen LogP contribution in [-0.2, 0) is 17.6 Å². The molecule has 1 saturated carbocycles. The Balaban J connectivity index is 1.71. The summed E-state index contributed by atoms with van der Waals surface area (Å²) in [4.78, 5) is 31.8. The number of nitrogens with zero attached hydrogens (tertiary/aromatic N) is 1. The molecule has 1 aromatic heterocycles. The number of ether oxygens (including phenoxy) is 2. The van der Waals surface area contributed by atoms with Crippen molar-refractivity contribution in [3.05, 3.63) is 69.0 Å². The summed E-state index contributed by atoms with van der Waals surface area (Å²) in [7, 11) is 3.23. The van der Waals surface area contributed by atoms with Crippen molar-refractivity contribution < 1.29 is 14.3 Å². The van der Waals surface area contributed by atoms with E-state index in [-0.39, 0.29) is 17.4 Å². The summed E-state index contributed by atoms with van der Waals surface area (Å²) in [5.74, 6) is 1.47. The molecule has 2 heterocycles. The summed E-state index contributed by atoms with van der Waals surface area (Å²) in [5.41, 5.74) is 4.46. The SMILES string of the molecule is CCc1ccc2[nH]c(=O)c([C@H]3c4cc(OC)c(OC)cc4CCN3C(=O)C3CCC3)cc2c1. The first-order valence-electron chi connectivity index (χ1n) is 11.7. The van der Waals surface area contributed by atoms with Crippen LogP contribution < -0.4 is 15.0 Å². The van der Waals surface area contributed by atoms with Crippen LogP contribution >= 0.6 is 0 Å². The van der Waals surface area contributed by atoms with Gasteiger partial charge in [-0.15, -0.1) is 0 Å². The van der Waals surface area contributed by atoms with Crippen molar-refractivity contribution in [3.8, 4) is 11.5 Å². The average Bonchev–Trinajstić information content (AvgIpc) is 2.80. The number of rotatable bonds is 5. The summed E-state index contributed by atoms with van der Waals surface area (Å²) in [6.45, 7) is 2.69. The summed E-state index contributed by atoms with van der Waals surface area (Å²) in [5, 5.41) is 0.979. The molecule has 6 nitrogen and oxygen atoms in total. The van der Waals surface area contributed by atoms with Gasteiger partial charge in [-0.05, 0) is 78.1 Å². The number of H-pyrrole nitrogens is 1. The molecule has 0 radical (unpaired) electrons. The molecule has 1 atom stereocenters. The first kappa shape index (κ1) is 21.6. The van der Waals surface area contributed by atoms with Crippen LogP contribution in [0.2, 0.25) is 0 Å². The highest BCUT2D eigenvalue weighted by molar-refractivity contribution is 5.83. The van der Waals surface area contributed by atoms with E-state index in [1.807, 2.05) is 35.2 Å². The second-order valence-electron chi connectivity index (χ2n) is 9.05. The standard InChI is InChI=1S/C27H30N2O4/c1-4-16-8-9-22-19(12-16)13-21(26(30)28-22)25-20-15-24(33-3)23(32-2)14-18(20)10-11-29(25)27(31)17-6-5-7-17/h8-9,12-15,17,25H,4-7,10-11H2,1-3H3,(H,28,30)/t25-/m1/s1. The number of hydrogen-bond donors (Lipinski definition) is 1. The van der Waals surface area contributed by atoms with Gasteiger partial charge in [-0.3, -0.25) is 9.59 Å². The molecule has 0 spiro atoms. The average molecular weight is 447 g/mol. The van der Waals surface area contributed by atoms with Gasteiger partial charge in [-0.2, -0.15) is 0 Å². The van der Waals surface area contributed by atoms with Gasteiger partial charge in [0.15, 0.2) is 11.5 Å². The molecule has 1 amide bonds. The Morgan fingerprint density at radius 1 is 1.06 bits per heavy atom. The molecule has 0 unspecified atom stereocenters. The van der Waals surface area contributed by atoms with Crippen molar-refractivity contribution in [1.82, 2.24) is 9.88 Å². The van der Waals surface area contributed by atoms with Gasteiger partial charge < -0.3 is 19.4 Å². The third-order valence-electron chi connectivity index (χ3n) is 7.25. The van der Waals surface area contributed by atoms with Gasteiger partial charge in [-0.1, -0.05) is 19.4 Å². The zero-order valence-electron chi connectivity index (χ0n) is 19.4. The van der Waals surface area contributed by atoms with Crippen LogP contribution in [0.15, 0.2) is 41.2 Å². The zero-order chi connectivity index (χ0) is 23.1. The second-order valence-corrected chi connectivity index (χ2v) is 9.05. The molecule has 5 rings (SSSR count). The predicted molar refractivity (Wildman–Crippen MR) is 128 cm³/mol. The molecule has 1 fully saturated rings. The van der Waals surface area contributed by atoms with Crippen molar-refractivity contribution >= 4 is 16.8 Å². The molecule has 2 aromatic carbocycles. The van der Waals surface area contributed by atoms with E-state index in [0.717, 1.165) is 54.1 Å². The number of benzene rings is 2. The van der Waals surface area contributed by atoms with E-state index in [2.05, 4.69) is 18.0 Å². The molecule has 6 heteroatoms. The van der Waals surface area contributed by atoms with Gasteiger partial charge >= 0.3 is 0 Å². The van der Waals surface area contributed by atoms with Crippen LogP contribution in [0.5, 0.6) is 11.5 Å². The molecule has 1 aliphatic heterocycles. The summed E-state index contributed by atoms with van der Waals surface area (Å²) < 4.78 is 11.1. The van der Waals surface area contributed by atoms with Crippen LogP contribution in [0.1, 0.15) is 54.5 Å². The van der Waals surface area contributed by atoms with Crippen molar-refractivity contribution in [2.45, 2.75) is 45.1 Å². The number of aryl methyl sites for hydroxylation is 1. The topological polar surface area (TPSA) is 71.6 Å². The largest absolute Gasteiger partial charge is 0.493 e. The first-order chi connectivity index (χ1) is 16.0. The van der Waals surface area contributed by atoms with Crippen molar-refractivity contribution in [3.63, 3.8) is 0 Å². The third kappa shape index (κ3) is 3.67. The highest BCUT2D eigenvalue weighted by atomic mass is 16.5. The highest BCUT2D eigenvalue weighted by Gasteiger charge is 2.39. The summed E-state index contributed by atoms with van der Waals surface area (Å²) in [6, 6.07) is 11.5. The minimum atomic E-state index is -0.458. The molecule has 0 saturated heterocycles. The number of fused-ring (bicyclic) bond motifs is 2. The Morgan fingerprint density at radius 2 is 1.82 bits per heavy atom.